The number of β-lactam (4-membered cyclic amide) rings is 1. The van der Waals surface area contributed by atoms with E-state index in [1.807, 2.05) is 54.6 Å². The van der Waals surface area contributed by atoms with Gasteiger partial charge in [0.15, 0.2) is 0 Å². The molecule has 3 aromatic carbocycles. The van der Waals surface area contributed by atoms with Crippen molar-refractivity contribution >= 4 is 35.4 Å². The van der Waals surface area contributed by atoms with Crippen molar-refractivity contribution < 1.29 is 14.4 Å². The molecule has 3 aromatic rings. The zero-order valence-electron chi connectivity index (χ0n) is 29.3. The van der Waals surface area contributed by atoms with Crippen molar-refractivity contribution in [3.05, 3.63) is 108 Å². The number of rotatable bonds is 25. The maximum absolute atomic E-state index is 13.0. The molecule has 49 heavy (non-hydrogen) atoms. The van der Waals surface area contributed by atoms with E-state index in [1.54, 1.807) is 0 Å². The highest BCUT2D eigenvalue weighted by molar-refractivity contribution is 8.00. The number of unbranched alkanes of at least 4 members (excludes halogenated alkanes) is 13. The van der Waals surface area contributed by atoms with Crippen molar-refractivity contribution in [3.8, 4) is 0 Å². The summed E-state index contributed by atoms with van der Waals surface area (Å²) in [6.45, 7) is 2.79. The van der Waals surface area contributed by atoms with Gasteiger partial charge in [-0.25, -0.2) is 0 Å². The van der Waals surface area contributed by atoms with Gasteiger partial charge < -0.3 is 10.2 Å². The second kappa shape index (κ2) is 22.1. The Morgan fingerprint density at radius 2 is 1.16 bits per heavy atom. The van der Waals surface area contributed by atoms with Gasteiger partial charge in [0, 0.05) is 17.5 Å². The van der Waals surface area contributed by atoms with Crippen molar-refractivity contribution in [1.82, 2.24) is 15.2 Å². The van der Waals surface area contributed by atoms with Crippen LogP contribution in [0.4, 0.5) is 0 Å². The third-order valence-corrected chi connectivity index (χ3v) is 10.8. The van der Waals surface area contributed by atoms with Crippen LogP contribution in [0, 0.1) is 0 Å². The number of hydroxylamine groups is 1. The highest BCUT2D eigenvalue weighted by atomic mass is 35.5. The van der Waals surface area contributed by atoms with E-state index in [2.05, 4.69) is 54.0 Å². The van der Waals surface area contributed by atoms with Crippen LogP contribution in [0.15, 0.2) is 91.0 Å². The normalized spacial score (nSPS) is 15.9. The Morgan fingerprint density at radius 3 is 1.59 bits per heavy atom. The van der Waals surface area contributed by atoms with E-state index in [1.165, 1.54) is 88.8 Å². The summed E-state index contributed by atoms with van der Waals surface area (Å²) in [7, 11) is 0. The third kappa shape index (κ3) is 12.5. The Balaban J connectivity index is 1.16. The van der Waals surface area contributed by atoms with Crippen molar-refractivity contribution in [2.75, 3.05) is 12.3 Å². The largest absolute Gasteiger partial charge is 0.353 e. The Morgan fingerprint density at radius 1 is 0.735 bits per heavy atom. The standard InChI is InChI=1S/C41H56ClN3O3S/c1-2-3-4-5-6-7-8-9-10-11-12-13-14-24-32-45(42)48-37(46)31-33-49-40-38(39(47)43-40)44-41(34-25-18-15-19-26-34,35-27-20-16-21-28-35)36-29-22-17-23-30-36/h15-23,25-30,38,40,44H,2-14,24,31-33H2,1H3,(H,43,47)/t38-,40-/m1/s1. The van der Waals surface area contributed by atoms with E-state index >= 15 is 0 Å². The number of halogens is 1. The summed E-state index contributed by atoms with van der Waals surface area (Å²) in [5.74, 6) is 0.0724. The summed E-state index contributed by atoms with van der Waals surface area (Å²) >= 11 is 7.75. The molecule has 0 aromatic heterocycles. The minimum absolute atomic E-state index is 0.0626. The van der Waals surface area contributed by atoms with Crippen LogP contribution in [0.5, 0.6) is 0 Å². The zero-order valence-corrected chi connectivity index (χ0v) is 30.9. The minimum atomic E-state index is -0.754. The number of benzene rings is 3. The second-order valence-electron chi connectivity index (χ2n) is 13.1. The number of nitrogens with zero attached hydrogens (tertiary/aromatic N) is 1. The molecule has 1 saturated heterocycles. The van der Waals surface area contributed by atoms with Gasteiger partial charge in [-0.15, -0.1) is 11.8 Å². The zero-order chi connectivity index (χ0) is 34.6. The molecule has 1 amide bonds. The number of amides is 1. The minimum Gasteiger partial charge on any atom is -0.353 e. The summed E-state index contributed by atoms with van der Waals surface area (Å²) < 4.78 is 1.15. The molecule has 2 N–H and O–H groups in total. The Kier molecular flexibility index (Phi) is 17.6. The third-order valence-electron chi connectivity index (χ3n) is 9.35. The fraction of sp³-hybridized carbons (Fsp3) is 0.512. The number of hydrogen-bond acceptors (Lipinski definition) is 6. The molecule has 0 saturated carbocycles. The lowest BCUT2D eigenvalue weighted by Crippen LogP contribution is -2.70. The first-order valence-electron chi connectivity index (χ1n) is 18.5. The molecule has 4 rings (SSSR count). The van der Waals surface area contributed by atoms with Gasteiger partial charge in [-0.1, -0.05) is 181 Å². The predicted octanol–water partition coefficient (Wildman–Crippen LogP) is 9.91. The average Bonchev–Trinajstić information content (AvgIpc) is 3.13. The first-order chi connectivity index (χ1) is 24.0. The van der Waals surface area contributed by atoms with Crippen LogP contribution < -0.4 is 10.6 Å². The lowest BCUT2D eigenvalue weighted by atomic mass is 9.76. The topological polar surface area (TPSA) is 70.7 Å². The van der Waals surface area contributed by atoms with Crippen LogP contribution in [0.25, 0.3) is 0 Å². The summed E-state index contributed by atoms with van der Waals surface area (Å²) in [5.41, 5.74) is 2.37. The number of hydrogen-bond donors (Lipinski definition) is 2. The highest BCUT2D eigenvalue weighted by Crippen LogP contribution is 2.39. The lowest BCUT2D eigenvalue weighted by molar-refractivity contribution is -0.169. The van der Waals surface area contributed by atoms with Crippen molar-refractivity contribution in [3.63, 3.8) is 0 Å². The number of nitrogens with one attached hydrogen (secondary N) is 2. The fourth-order valence-electron chi connectivity index (χ4n) is 6.58. The molecule has 0 radical (unpaired) electrons. The van der Waals surface area contributed by atoms with Crippen LogP contribution in [-0.2, 0) is 20.0 Å². The Labute approximate surface area is 304 Å². The Hall–Kier alpha value is -2.84. The molecule has 1 aliphatic rings. The summed E-state index contributed by atoms with van der Waals surface area (Å²) in [6.07, 6.45) is 18.3. The number of thioether (sulfide) groups is 1. The number of carbonyl (C=O) groups is 2. The van der Waals surface area contributed by atoms with Gasteiger partial charge in [0.2, 0.25) is 5.91 Å². The molecule has 0 spiro atoms. The molecule has 0 aliphatic carbocycles. The highest BCUT2D eigenvalue weighted by Gasteiger charge is 2.47. The quantitative estimate of drug-likeness (QED) is 0.0301. The van der Waals surface area contributed by atoms with E-state index in [9.17, 15) is 9.59 Å². The van der Waals surface area contributed by atoms with Gasteiger partial charge in [-0.05, 0) is 27.7 Å². The second-order valence-corrected chi connectivity index (χ2v) is 14.7. The van der Waals surface area contributed by atoms with E-state index in [-0.39, 0.29) is 23.7 Å². The van der Waals surface area contributed by atoms with Gasteiger partial charge in [0.25, 0.3) is 0 Å². The lowest BCUT2D eigenvalue weighted by Gasteiger charge is -2.45. The number of carbonyl (C=O) groups excluding carboxylic acids is 2. The van der Waals surface area contributed by atoms with E-state index in [0.717, 1.165) is 34.1 Å². The van der Waals surface area contributed by atoms with Crippen LogP contribution in [0.3, 0.4) is 0 Å². The molecular formula is C41H56ClN3O3S. The Bertz CT molecular complexity index is 1250. The van der Waals surface area contributed by atoms with Gasteiger partial charge in [-0.3, -0.25) is 14.9 Å². The fourth-order valence-corrected chi connectivity index (χ4v) is 7.90. The molecule has 0 bridgehead atoms. The first kappa shape index (κ1) is 39.0. The molecule has 1 heterocycles. The van der Waals surface area contributed by atoms with Crippen LogP contribution >= 0.6 is 23.5 Å². The maximum atomic E-state index is 13.0. The van der Waals surface area contributed by atoms with Gasteiger partial charge >= 0.3 is 5.97 Å². The SMILES string of the molecule is CCCCCCCCCCCCCCCCN(Cl)OC(=O)CCS[C@H]1NC(=O)[C@H]1NC(c1ccccc1)(c1ccccc1)c1ccccc1. The molecule has 266 valence electrons. The molecule has 0 unspecified atom stereocenters. The molecule has 6 nitrogen and oxygen atoms in total. The molecule has 2 atom stereocenters. The van der Waals surface area contributed by atoms with E-state index < -0.39 is 11.6 Å². The van der Waals surface area contributed by atoms with Crippen LogP contribution in [-0.4, -0.2) is 40.2 Å². The average molecular weight is 706 g/mol. The molecule has 1 aliphatic heterocycles. The van der Waals surface area contributed by atoms with Gasteiger partial charge in [0.05, 0.1) is 23.9 Å². The molecular weight excluding hydrogens is 650 g/mol. The van der Waals surface area contributed by atoms with Crippen LogP contribution in [0.2, 0.25) is 0 Å². The van der Waals surface area contributed by atoms with Crippen molar-refractivity contribution in [2.45, 2.75) is 120 Å². The first-order valence-corrected chi connectivity index (χ1v) is 19.9. The van der Waals surface area contributed by atoms with Gasteiger partial charge in [-0.2, -0.15) is 0 Å². The predicted molar refractivity (Wildman–Crippen MR) is 204 cm³/mol. The summed E-state index contributed by atoms with van der Waals surface area (Å²) in [4.78, 5) is 30.9. The molecule has 1 fully saturated rings. The summed E-state index contributed by atoms with van der Waals surface area (Å²) in [5, 5.41) is 6.60. The van der Waals surface area contributed by atoms with Crippen molar-refractivity contribution in [2.24, 2.45) is 0 Å². The van der Waals surface area contributed by atoms with Gasteiger partial charge in [0.1, 0.15) is 6.04 Å². The van der Waals surface area contributed by atoms with Crippen LogP contribution in [0.1, 0.15) is 120 Å². The smallest absolute Gasteiger partial charge is 0.327 e. The van der Waals surface area contributed by atoms with E-state index in [4.69, 9.17) is 16.6 Å². The maximum Gasteiger partial charge on any atom is 0.327 e. The van der Waals surface area contributed by atoms with Crippen molar-refractivity contribution in [1.29, 1.82) is 0 Å². The molecule has 8 heteroatoms. The monoisotopic (exact) mass is 705 g/mol. The van der Waals surface area contributed by atoms with E-state index in [0.29, 0.717) is 12.3 Å². The summed E-state index contributed by atoms with van der Waals surface area (Å²) in [6, 6.07) is 30.2.